The molecule has 0 spiro atoms. The number of amides is 2. The van der Waals surface area contributed by atoms with E-state index in [0.29, 0.717) is 24.5 Å². The van der Waals surface area contributed by atoms with Crippen LogP contribution in [0.25, 0.3) is 0 Å². The summed E-state index contributed by atoms with van der Waals surface area (Å²) in [6, 6.07) is 22.9. The average Bonchev–Trinajstić information content (AvgIpc) is 3.12. The molecule has 1 atom stereocenters. The van der Waals surface area contributed by atoms with Crippen molar-refractivity contribution in [2.45, 2.75) is 25.3 Å². The van der Waals surface area contributed by atoms with Crippen molar-refractivity contribution < 1.29 is 14.3 Å². The number of aryl methyl sites for hydroxylation is 1. The first kappa shape index (κ1) is 18.4. The highest BCUT2D eigenvalue weighted by Gasteiger charge is 2.36. The molecule has 0 bridgehead atoms. The number of hydrogen-bond donors (Lipinski definition) is 1. The Morgan fingerprint density at radius 2 is 1.53 bits per heavy atom. The summed E-state index contributed by atoms with van der Waals surface area (Å²) in [6.07, 6.45) is 0.298. The van der Waals surface area contributed by atoms with Gasteiger partial charge in [0.05, 0.1) is 12.0 Å². The van der Waals surface area contributed by atoms with E-state index in [-0.39, 0.29) is 17.9 Å². The molecule has 1 fully saturated rings. The molecular weight excluding hydrogens is 376 g/mol. The van der Waals surface area contributed by atoms with Gasteiger partial charge in [0.25, 0.3) is 0 Å². The van der Waals surface area contributed by atoms with Gasteiger partial charge in [-0.2, -0.15) is 0 Å². The molecule has 5 nitrogen and oxygen atoms in total. The van der Waals surface area contributed by atoms with E-state index in [1.54, 1.807) is 4.90 Å². The van der Waals surface area contributed by atoms with Crippen LogP contribution in [0, 0.1) is 6.92 Å². The number of nitrogens with one attached hydrogen (secondary N) is 1. The van der Waals surface area contributed by atoms with Gasteiger partial charge >= 0.3 is 0 Å². The van der Waals surface area contributed by atoms with E-state index in [4.69, 9.17) is 4.74 Å². The number of para-hydroxylation sites is 2. The normalized spacial score (nSPS) is 17.8. The Bertz CT molecular complexity index is 1080. The summed E-state index contributed by atoms with van der Waals surface area (Å²) in [5.41, 5.74) is 3.69. The molecule has 2 amide bonds. The van der Waals surface area contributed by atoms with Gasteiger partial charge in [-0.25, -0.2) is 0 Å². The molecule has 3 aromatic carbocycles. The van der Waals surface area contributed by atoms with E-state index in [2.05, 4.69) is 5.32 Å². The highest BCUT2D eigenvalue weighted by atomic mass is 16.5. The van der Waals surface area contributed by atoms with E-state index < -0.39 is 5.92 Å². The highest BCUT2D eigenvalue weighted by molar-refractivity contribution is 5.97. The van der Waals surface area contributed by atoms with Crippen LogP contribution in [0.15, 0.2) is 72.8 Å². The molecule has 2 aliphatic heterocycles. The molecule has 0 aliphatic carbocycles. The van der Waals surface area contributed by atoms with Crippen molar-refractivity contribution in [3.05, 3.63) is 89.5 Å². The lowest BCUT2D eigenvalue weighted by Crippen LogP contribution is -2.40. The Hall–Kier alpha value is -3.60. The molecule has 5 heteroatoms. The maximum absolute atomic E-state index is 13.4. The van der Waals surface area contributed by atoms with Gasteiger partial charge in [0.2, 0.25) is 11.8 Å². The standard InChI is InChI=1S/C25H22N2O3/c1-16-10-12-18(13-11-16)27-15-17(14-23(27)28)26-25(29)24-19-6-2-4-8-21(19)30-22-9-5-3-7-20(22)24/h2-13,17,24H,14-15H2,1H3,(H,26,29)/t17-/m0/s1. The second kappa shape index (κ2) is 7.34. The molecule has 0 saturated carbocycles. The summed E-state index contributed by atoms with van der Waals surface area (Å²) < 4.78 is 5.99. The second-order valence-electron chi connectivity index (χ2n) is 7.86. The van der Waals surface area contributed by atoms with Crippen molar-refractivity contribution in [1.29, 1.82) is 0 Å². The molecule has 2 aliphatic rings. The Morgan fingerprint density at radius 3 is 2.17 bits per heavy atom. The zero-order valence-corrected chi connectivity index (χ0v) is 16.7. The number of rotatable bonds is 3. The van der Waals surface area contributed by atoms with Gasteiger partial charge in [0.1, 0.15) is 11.5 Å². The van der Waals surface area contributed by atoms with Crippen LogP contribution >= 0.6 is 0 Å². The quantitative estimate of drug-likeness (QED) is 0.721. The van der Waals surface area contributed by atoms with Gasteiger partial charge in [-0.1, -0.05) is 54.1 Å². The maximum atomic E-state index is 13.4. The fraction of sp³-hybridized carbons (Fsp3) is 0.200. The van der Waals surface area contributed by atoms with Crippen LogP contribution in [0.1, 0.15) is 29.0 Å². The lowest BCUT2D eigenvalue weighted by atomic mass is 9.87. The first-order valence-corrected chi connectivity index (χ1v) is 10.1. The minimum Gasteiger partial charge on any atom is -0.457 e. The molecule has 5 rings (SSSR count). The third kappa shape index (κ3) is 3.22. The number of anilines is 1. The van der Waals surface area contributed by atoms with E-state index in [0.717, 1.165) is 22.4 Å². The monoisotopic (exact) mass is 398 g/mol. The fourth-order valence-corrected chi connectivity index (χ4v) is 4.26. The minimum absolute atomic E-state index is 0.0249. The van der Waals surface area contributed by atoms with Crippen LogP contribution in [-0.2, 0) is 9.59 Å². The van der Waals surface area contributed by atoms with Crippen molar-refractivity contribution in [2.75, 3.05) is 11.4 Å². The number of ether oxygens (including phenoxy) is 1. The molecule has 150 valence electrons. The van der Waals surface area contributed by atoms with Crippen molar-refractivity contribution in [1.82, 2.24) is 5.32 Å². The smallest absolute Gasteiger partial charge is 0.232 e. The number of fused-ring (bicyclic) bond motifs is 2. The van der Waals surface area contributed by atoms with E-state index in [1.165, 1.54) is 0 Å². The first-order chi connectivity index (χ1) is 14.6. The minimum atomic E-state index is -0.463. The number of carbonyl (C=O) groups is 2. The molecule has 30 heavy (non-hydrogen) atoms. The lowest BCUT2D eigenvalue weighted by molar-refractivity contribution is -0.122. The van der Waals surface area contributed by atoms with Crippen LogP contribution in [-0.4, -0.2) is 24.4 Å². The molecule has 1 N–H and O–H groups in total. The van der Waals surface area contributed by atoms with Crippen LogP contribution in [0.3, 0.4) is 0 Å². The Labute approximate surface area is 175 Å². The number of nitrogens with zero attached hydrogens (tertiary/aromatic N) is 1. The van der Waals surface area contributed by atoms with Gasteiger partial charge in [-0.3, -0.25) is 9.59 Å². The lowest BCUT2D eigenvalue weighted by Gasteiger charge is -2.28. The maximum Gasteiger partial charge on any atom is 0.232 e. The van der Waals surface area contributed by atoms with Crippen LogP contribution in [0.4, 0.5) is 5.69 Å². The first-order valence-electron chi connectivity index (χ1n) is 10.1. The molecular formula is C25H22N2O3. The predicted molar refractivity (Wildman–Crippen MR) is 115 cm³/mol. The summed E-state index contributed by atoms with van der Waals surface area (Å²) in [6.45, 7) is 2.49. The Morgan fingerprint density at radius 1 is 0.933 bits per heavy atom. The van der Waals surface area contributed by atoms with Gasteiger partial charge in [-0.05, 0) is 31.2 Å². The molecule has 0 radical (unpaired) electrons. The zero-order valence-electron chi connectivity index (χ0n) is 16.7. The van der Waals surface area contributed by atoms with Gasteiger partial charge in [0, 0.05) is 29.8 Å². The largest absolute Gasteiger partial charge is 0.457 e. The van der Waals surface area contributed by atoms with Crippen LogP contribution < -0.4 is 15.0 Å². The van der Waals surface area contributed by atoms with Crippen molar-refractivity contribution in [2.24, 2.45) is 0 Å². The van der Waals surface area contributed by atoms with E-state index in [9.17, 15) is 9.59 Å². The summed E-state index contributed by atoms with van der Waals surface area (Å²) in [7, 11) is 0. The summed E-state index contributed by atoms with van der Waals surface area (Å²) in [5, 5.41) is 3.11. The summed E-state index contributed by atoms with van der Waals surface area (Å²) in [4.78, 5) is 27.7. The van der Waals surface area contributed by atoms with Crippen molar-refractivity contribution in [3.63, 3.8) is 0 Å². The number of hydrogen-bond acceptors (Lipinski definition) is 3. The van der Waals surface area contributed by atoms with Gasteiger partial charge in [-0.15, -0.1) is 0 Å². The van der Waals surface area contributed by atoms with E-state index >= 15 is 0 Å². The van der Waals surface area contributed by atoms with Crippen LogP contribution in [0.5, 0.6) is 11.5 Å². The van der Waals surface area contributed by atoms with Crippen molar-refractivity contribution >= 4 is 17.5 Å². The fourth-order valence-electron chi connectivity index (χ4n) is 4.26. The number of carbonyl (C=O) groups excluding carboxylic acids is 2. The molecule has 0 aromatic heterocycles. The van der Waals surface area contributed by atoms with Crippen LogP contribution in [0.2, 0.25) is 0 Å². The molecule has 3 aromatic rings. The summed E-state index contributed by atoms with van der Waals surface area (Å²) >= 11 is 0. The predicted octanol–water partition coefficient (Wildman–Crippen LogP) is 4.15. The Kier molecular flexibility index (Phi) is 4.51. The van der Waals surface area contributed by atoms with Gasteiger partial charge < -0.3 is 15.0 Å². The van der Waals surface area contributed by atoms with Gasteiger partial charge in [0.15, 0.2) is 0 Å². The SMILES string of the molecule is Cc1ccc(N2C[C@@H](NC(=O)C3c4ccccc4Oc4ccccc43)CC2=O)cc1. The topological polar surface area (TPSA) is 58.6 Å². The average molecular weight is 398 g/mol. The third-order valence-corrected chi connectivity index (χ3v) is 5.76. The van der Waals surface area contributed by atoms with E-state index in [1.807, 2.05) is 79.7 Å². The second-order valence-corrected chi connectivity index (χ2v) is 7.86. The molecule has 1 saturated heterocycles. The Balaban J connectivity index is 1.39. The molecule has 2 heterocycles. The summed E-state index contributed by atoms with van der Waals surface area (Å²) in [5.74, 6) is 0.841. The number of benzene rings is 3. The molecule has 0 unspecified atom stereocenters. The third-order valence-electron chi connectivity index (χ3n) is 5.76. The highest BCUT2D eigenvalue weighted by Crippen LogP contribution is 2.44. The van der Waals surface area contributed by atoms with Crippen molar-refractivity contribution in [3.8, 4) is 11.5 Å². The zero-order chi connectivity index (χ0) is 20.7.